The summed E-state index contributed by atoms with van der Waals surface area (Å²) in [5.41, 5.74) is 1.25. The molecule has 1 aromatic carbocycles. The molecule has 128 valence electrons. The Bertz CT molecular complexity index is 732. The molecule has 2 aromatic rings. The number of aromatic nitrogens is 2. The summed E-state index contributed by atoms with van der Waals surface area (Å²) in [6.07, 6.45) is 4.77. The van der Waals surface area contributed by atoms with E-state index in [1.165, 1.54) is 19.2 Å². The van der Waals surface area contributed by atoms with Crippen molar-refractivity contribution in [1.82, 2.24) is 14.9 Å². The number of hydrogen-bond donors (Lipinski definition) is 1. The molecule has 1 aromatic heterocycles. The van der Waals surface area contributed by atoms with E-state index in [1.54, 1.807) is 18.6 Å². The van der Waals surface area contributed by atoms with E-state index in [9.17, 15) is 9.18 Å². The average Bonchev–Trinajstić information content (AvgIpc) is 3.01. The molecule has 1 aliphatic heterocycles. The molecule has 1 amide bonds. The Morgan fingerprint density at radius 2 is 2.33 bits per heavy atom. The molecule has 0 bridgehead atoms. The number of hydrogen-bond acceptors (Lipinski definition) is 4. The molecule has 0 radical (unpaired) electrons. The second-order valence-electron chi connectivity index (χ2n) is 5.83. The minimum Gasteiger partial charge on any atom is -0.494 e. The van der Waals surface area contributed by atoms with Gasteiger partial charge in [-0.25, -0.2) is 9.37 Å². The van der Waals surface area contributed by atoms with Gasteiger partial charge in [0.15, 0.2) is 11.6 Å². The highest BCUT2D eigenvalue weighted by molar-refractivity contribution is 5.94. The molecule has 24 heavy (non-hydrogen) atoms. The van der Waals surface area contributed by atoms with Gasteiger partial charge >= 0.3 is 0 Å². The van der Waals surface area contributed by atoms with Crippen LogP contribution in [0, 0.1) is 5.82 Å². The number of methoxy groups -OCH3 is 1. The first-order chi connectivity index (χ1) is 11.6. The van der Waals surface area contributed by atoms with Crippen molar-refractivity contribution in [3.05, 3.63) is 47.8 Å². The van der Waals surface area contributed by atoms with E-state index < -0.39 is 5.82 Å². The van der Waals surface area contributed by atoms with Crippen molar-refractivity contribution in [1.29, 1.82) is 0 Å². The Balaban J connectivity index is 1.66. The standard InChI is InChI=1S/C17H20FN3O3/c1-21-10-19-9-14(21)16-8-12(5-6-24-16)20-17(22)11-3-4-15(23-2)13(18)7-11/h3-4,7,9-10,12,16H,5-6,8H2,1-2H3,(H,20,22)/t12-,16+/m0/s1. The van der Waals surface area contributed by atoms with Gasteiger partial charge in [0.2, 0.25) is 0 Å². The molecular weight excluding hydrogens is 313 g/mol. The summed E-state index contributed by atoms with van der Waals surface area (Å²) in [4.78, 5) is 16.4. The molecule has 1 fully saturated rings. The molecule has 0 unspecified atom stereocenters. The third-order valence-corrected chi connectivity index (χ3v) is 4.22. The molecule has 7 heteroatoms. The van der Waals surface area contributed by atoms with Crippen LogP contribution < -0.4 is 10.1 Å². The molecule has 1 saturated heterocycles. The molecule has 6 nitrogen and oxygen atoms in total. The Morgan fingerprint density at radius 3 is 3.00 bits per heavy atom. The van der Waals surface area contributed by atoms with Gasteiger partial charge in [-0.05, 0) is 31.0 Å². The Morgan fingerprint density at radius 1 is 1.50 bits per heavy atom. The van der Waals surface area contributed by atoms with E-state index in [-0.39, 0.29) is 29.4 Å². The maximum atomic E-state index is 13.7. The SMILES string of the molecule is COc1ccc(C(=O)N[C@H]2CCO[C@@H](c3cncn3C)C2)cc1F. The van der Waals surface area contributed by atoms with Gasteiger partial charge in [-0.1, -0.05) is 0 Å². The summed E-state index contributed by atoms with van der Waals surface area (Å²) in [5.74, 6) is -0.731. The van der Waals surface area contributed by atoms with Crippen LogP contribution in [0.5, 0.6) is 5.75 Å². The normalized spacial score (nSPS) is 20.6. The van der Waals surface area contributed by atoms with E-state index in [0.717, 1.165) is 12.1 Å². The molecule has 1 N–H and O–H groups in total. The van der Waals surface area contributed by atoms with Crippen molar-refractivity contribution in [2.24, 2.45) is 7.05 Å². The van der Waals surface area contributed by atoms with Crippen molar-refractivity contribution in [2.45, 2.75) is 25.0 Å². The highest BCUT2D eigenvalue weighted by Gasteiger charge is 2.27. The highest BCUT2D eigenvalue weighted by atomic mass is 19.1. The van der Waals surface area contributed by atoms with Crippen molar-refractivity contribution < 1.29 is 18.7 Å². The molecule has 0 spiro atoms. The first-order valence-electron chi connectivity index (χ1n) is 7.80. The summed E-state index contributed by atoms with van der Waals surface area (Å²) in [6.45, 7) is 0.553. The summed E-state index contributed by atoms with van der Waals surface area (Å²) in [7, 11) is 3.30. The van der Waals surface area contributed by atoms with Crippen LogP contribution in [-0.2, 0) is 11.8 Å². The Hall–Kier alpha value is -2.41. The van der Waals surface area contributed by atoms with Crippen LogP contribution in [-0.4, -0.2) is 35.2 Å². The van der Waals surface area contributed by atoms with Gasteiger partial charge in [-0.15, -0.1) is 0 Å². The van der Waals surface area contributed by atoms with Crippen LogP contribution in [0.15, 0.2) is 30.7 Å². The van der Waals surface area contributed by atoms with Crippen LogP contribution in [0.25, 0.3) is 0 Å². The number of carbonyl (C=O) groups excluding carboxylic acids is 1. The number of ether oxygens (including phenoxy) is 2. The van der Waals surface area contributed by atoms with Gasteiger partial charge in [-0.2, -0.15) is 0 Å². The monoisotopic (exact) mass is 333 g/mol. The van der Waals surface area contributed by atoms with Crippen LogP contribution in [0.4, 0.5) is 4.39 Å². The zero-order chi connectivity index (χ0) is 17.1. The van der Waals surface area contributed by atoms with Gasteiger partial charge in [0.1, 0.15) is 6.10 Å². The van der Waals surface area contributed by atoms with Crippen molar-refractivity contribution in [3.8, 4) is 5.75 Å². The predicted molar refractivity (Wildman–Crippen MR) is 85.3 cm³/mol. The van der Waals surface area contributed by atoms with E-state index in [2.05, 4.69) is 10.3 Å². The molecule has 2 heterocycles. The fraction of sp³-hybridized carbons (Fsp3) is 0.412. The minimum absolute atomic E-state index is 0.0312. The Kier molecular flexibility index (Phi) is 4.80. The summed E-state index contributed by atoms with van der Waals surface area (Å²) in [6, 6.07) is 4.16. The van der Waals surface area contributed by atoms with Crippen LogP contribution in [0.3, 0.4) is 0 Å². The predicted octanol–water partition coefficient (Wildman–Crippen LogP) is 2.22. The molecule has 2 atom stereocenters. The van der Waals surface area contributed by atoms with E-state index in [1.807, 2.05) is 11.6 Å². The van der Waals surface area contributed by atoms with Gasteiger partial charge < -0.3 is 19.4 Å². The topological polar surface area (TPSA) is 65.4 Å². The summed E-state index contributed by atoms with van der Waals surface area (Å²) < 4.78 is 26.3. The van der Waals surface area contributed by atoms with Crippen LogP contribution in [0.1, 0.15) is 35.0 Å². The maximum Gasteiger partial charge on any atom is 0.251 e. The van der Waals surface area contributed by atoms with Crippen LogP contribution >= 0.6 is 0 Å². The number of imidazole rings is 1. The third-order valence-electron chi connectivity index (χ3n) is 4.22. The average molecular weight is 333 g/mol. The number of rotatable bonds is 4. The number of amides is 1. The number of carbonyl (C=O) groups is 1. The molecule has 1 aliphatic rings. The van der Waals surface area contributed by atoms with Crippen molar-refractivity contribution >= 4 is 5.91 Å². The number of nitrogens with one attached hydrogen (secondary N) is 1. The van der Waals surface area contributed by atoms with Gasteiger partial charge in [0, 0.05) is 25.3 Å². The van der Waals surface area contributed by atoms with E-state index in [4.69, 9.17) is 9.47 Å². The lowest BCUT2D eigenvalue weighted by molar-refractivity contribution is -0.00302. The van der Waals surface area contributed by atoms with Crippen molar-refractivity contribution in [2.75, 3.05) is 13.7 Å². The van der Waals surface area contributed by atoms with Crippen molar-refractivity contribution in [3.63, 3.8) is 0 Å². The number of aryl methyl sites for hydroxylation is 1. The first-order valence-corrected chi connectivity index (χ1v) is 7.80. The maximum absolute atomic E-state index is 13.7. The summed E-state index contributed by atoms with van der Waals surface area (Å²) in [5, 5.41) is 2.96. The fourth-order valence-corrected chi connectivity index (χ4v) is 2.89. The van der Waals surface area contributed by atoms with Gasteiger partial charge in [0.25, 0.3) is 5.91 Å². The van der Waals surface area contributed by atoms with Gasteiger partial charge in [-0.3, -0.25) is 4.79 Å². The number of nitrogens with zero attached hydrogens (tertiary/aromatic N) is 2. The number of halogens is 1. The Labute approximate surface area is 139 Å². The highest BCUT2D eigenvalue weighted by Crippen LogP contribution is 2.28. The molecular formula is C17H20FN3O3. The lowest BCUT2D eigenvalue weighted by Gasteiger charge is -2.30. The first kappa shape index (κ1) is 16.4. The smallest absolute Gasteiger partial charge is 0.251 e. The van der Waals surface area contributed by atoms with E-state index in [0.29, 0.717) is 13.0 Å². The van der Waals surface area contributed by atoms with Gasteiger partial charge in [0.05, 0.1) is 25.3 Å². The third kappa shape index (κ3) is 3.41. The number of benzene rings is 1. The second kappa shape index (κ2) is 7.00. The quantitative estimate of drug-likeness (QED) is 0.932. The fourth-order valence-electron chi connectivity index (χ4n) is 2.89. The molecule has 3 rings (SSSR count). The second-order valence-corrected chi connectivity index (χ2v) is 5.83. The molecule has 0 aliphatic carbocycles. The molecule has 0 saturated carbocycles. The zero-order valence-corrected chi connectivity index (χ0v) is 13.7. The minimum atomic E-state index is -0.551. The lowest BCUT2D eigenvalue weighted by Crippen LogP contribution is -2.40. The van der Waals surface area contributed by atoms with Crippen LogP contribution in [0.2, 0.25) is 0 Å². The lowest BCUT2D eigenvalue weighted by atomic mass is 10.0. The summed E-state index contributed by atoms with van der Waals surface area (Å²) >= 11 is 0. The largest absolute Gasteiger partial charge is 0.494 e. The zero-order valence-electron chi connectivity index (χ0n) is 13.7. The van der Waals surface area contributed by atoms with E-state index >= 15 is 0 Å².